The first-order chi connectivity index (χ1) is 6.16. The van der Waals surface area contributed by atoms with Gasteiger partial charge in [0, 0.05) is 0 Å². The molecular formula is C13H22. The Morgan fingerprint density at radius 3 is 2.46 bits per heavy atom. The van der Waals surface area contributed by atoms with E-state index in [0.29, 0.717) is 0 Å². The molecule has 74 valence electrons. The minimum Gasteiger partial charge on any atom is -0.100 e. The second kappa shape index (κ2) is 7.85. The highest BCUT2D eigenvalue weighted by Crippen LogP contribution is 2.07. The molecule has 0 saturated heterocycles. The third-order valence-electron chi connectivity index (χ3n) is 1.91. The van der Waals surface area contributed by atoms with E-state index in [4.69, 9.17) is 0 Å². The van der Waals surface area contributed by atoms with Crippen molar-refractivity contribution in [1.82, 2.24) is 0 Å². The van der Waals surface area contributed by atoms with Gasteiger partial charge in [-0.3, -0.25) is 0 Å². The van der Waals surface area contributed by atoms with E-state index in [2.05, 4.69) is 45.6 Å². The van der Waals surface area contributed by atoms with Crippen molar-refractivity contribution in [3.05, 3.63) is 36.0 Å². The zero-order chi connectivity index (χ0) is 10.1. The van der Waals surface area contributed by atoms with Gasteiger partial charge < -0.3 is 0 Å². The van der Waals surface area contributed by atoms with Gasteiger partial charge in [-0.1, -0.05) is 36.3 Å². The summed E-state index contributed by atoms with van der Waals surface area (Å²) in [5.41, 5.74) is 2.74. The molecule has 0 atom stereocenters. The Morgan fingerprint density at radius 1 is 1.23 bits per heavy atom. The van der Waals surface area contributed by atoms with Crippen LogP contribution in [-0.4, -0.2) is 0 Å². The van der Waals surface area contributed by atoms with Crippen molar-refractivity contribution in [1.29, 1.82) is 0 Å². The van der Waals surface area contributed by atoms with Crippen LogP contribution in [0.2, 0.25) is 0 Å². The lowest BCUT2D eigenvalue weighted by atomic mass is 10.1. The van der Waals surface area contributed by atoms with Gasteiger partial charge in [0.1, 0.15) is 0 Å². The molecule has 0 bridgehead atoms. The zero-order valence-electron chi connectivity index (χ0n) is 9.27. The monoisotopic (exact) mass is 178 g/mol. The summed E-state index contributed by atoms with van der Waals surface area (Å²) in [6, 6.07) is 0. The molecule has 0 unspecified atom stereocenters. The third-order valence-corrected chi connectivity index (χ3v) is 1.91. The highest BCUT2D eigenvalue weighted by Gasteiger charge is 1.87. The maximum absolute atomic E-state index is 3.88. The fourth-order valence-corrected chi connectivity index (χ4v) is 1.08. The molecule has 0 radical (unpaired) electrons. The first-order valence-corrected chi connectivity index (χ1v) is 5.11. The molecule has 0 fully saturated rings. The molecule has 0 aliphatic carbocycles. The van der Waals surface area contributed by atoms with Crippen molar-refractivity contribution in [3.63, 3.8) is 0 Å². The van der Waals surface area contributed by atoms with Gasteiger partial charge in [0.2, 0.25) is 0 Å². The third kappa shape index (κ3) is 9.13. The number of allylic oxidation sites excluding steroid dienone is 5. The number of hydrogen-bond acceptors (Lipinski definition) is 0. The molecule has 0 amide bonds. The Kier molecular flexibility index (Phi) is 7.38. The summed E-state index contributed by atoms with van der Waals surface area (Å²) < 4.78 is 0. The van der Waals surface area contributed by atoms with Gasteiger partial charge in [-0.25, -0.2) is 0 Å². The molecule has 0 N–H and O–H groups in total. The molecule has 0 spiro atoms. The van der Waals surface area contributed by atoms with Crippen molar-refractivity contribution in [2.75, 3.05) is 0 Å². The van der Waals surface area contributed by atoms with Gasteiger partial charge in [0.15, 0.2) is 0 Å². The zero-order valence-corrected chi connectivity index (χ0v) is 9.27. The molecule has 0 aromatic rings. The summed E-state index contributed by atoms with van der Waals surface area (Å²) in [4.78, 5) is 0. The fourth-order valence-electron chi connectivity index (χ4n) is 1.08. The van der Waals surface area contributed by atoms with Crippen LogP contribution in [0.4, 0.5) is 0 Å². The molecule has 0 heterocycles. The van der Waals surface area contributed by atoms with Crippen LogP contribution in [0.1, 0.15) is 46.5 Å². The van der Waals surface area contributed by atoms with E-state index in [9.17, 15) is 0 Å². The standard InChI is InChI=1S/C13H22/c1-5-6-7-10-13(4)11-8-9-12(2)3/h6-7,11H,2,5,8-10H2,1,3-4H3/b7-6+,13-11+. The van der Waals surface area contributed by atoms with Gasteiger partial charge in [0.25, 0.3) is 0 Å². The molecule has 0 heteroatoms. The summed E-state index contributed by atoms with van der Waals surface area (Å²) in [5, 5.41) is 0. The Hall–Kier alpha value is -0.780. The normalized spacial score (nSPS) is 12.4. The van der Waals surface area contributed by atoms with Crippen LogP contribution in [-0.2, 0) is 0 Å². The molecule has 13 heavy (non-hydrogen) atoms. The van der Waals surface area contributed by atoms with Crippen LogP contribution in [0.3, 0.4) is 0 Å². The fraction of sp³-hybridized carbons (Fsp3) is 0.538. The van der Waals surface area contributed by atoms with Crippen molar-refractivity contribution in [3.8, 4) is 0 Å². The van der Waals surface area contributed by atoms with E-state index in [1.54, 1.807) is 0 Å². The van der Waals surface area contributed by atoms with Gasteiger partial charge >= 0.3 is 0 Å². The van der Waals surface area contributed by atoms with Crippen LogP contribution in [0, 0.1) is 0 Å². The largest absolute Gasteiger partial charge is 0.100 e. The summed E-state index contributed by atoms with van der Waals surface area (Å²) in [6.07, 6.45) is 11.3. The first kappa shape index (κ1) is 12.2. The molecule has 0 aliphatic heterocycles. The van der Waals surface area contributed by atoms with Crippen molar-refractivity contribution < 1.29 is 0 Å². The summed E-state index contributed by atoms with van der Waals surface area (Å²) in [5.74, 6) is 0. The van der Waals surface area contributed by atoms with Crippen LogP contribution in [0.25, 0.3) is 0 Å². The van der Waals surface area contributed by atoms with Crippen LogP contribution < -0.4 is 0 Å². The van der Waals surface area contributed by atoms with Crippen molar-refractivity contribution in [2.45, 2.75) is 46.5 Å². The van der Waals surface area contributed by atoms with E-state index in [-0.39, 0.29) is 0 Å². The maximum Gasteiger partial charge on any atom is -0.0142 e. The molecule has 0 aliphatic rings. The van der Waals surface area contributed by atoms with Crippen LogP contribution >= 0.6 is 0 Å². The Bertz CT molecular complexity index is 194. The van der Waals surface area contributed by atoms with Crippen molar-refractivity contribution in [2.24, 2.45) is 0 Å². The summed E-state index contributed by atoms with van der Waals surface area (Å²) in [6.45, 7) is 10.3. The highest BCUT2D eigenvalue weighted by molar-refractivity contribution is 5.05. The van der Waals surface area contributed by atoms with Gasteiger partial charge in [-0.2, -0.15) is 0 Å². The second-order valence-corrected chi connectivity index (χ2v) is 3.63. The van der Waals surface area contributed by atoms with E-state index in [0.717, 1.165) is 25.7 Å². The highest BCUT2D eigenvalue weighted by atomic mass is 13.9. The minimum atomic E-state index is 1.10. The van der Waals surface area contributed by atoms with E-state index < -0.39 is 0 Å². The van der Waals surface area contributed by atoms with Crippen molar-refractivity contribution >= 4 is 0 Å². The Labute approximate surface area is 83.0 Å². The summed E-state index contributed by atoms with van der Waals surface area (Å²) in [7, 11) is 0. The second-order valence-electron chi connectivity index (χ2n) is 3.63. The van der Waals surface area contributed by atoms with Gasteiger partial charge in [-0.15, -0.1) is 6.58 Å². The lowest BCUT2D eigenvalue weighted by molar-refractivity contribution is 0.964. The van der Waals surface area contributed by atoms with Gasteiger partial charge in [-0.05, 0) is 39.5 Å². The van der Waals surface area contributed by atoms with E-state index >= 15 is 0 Å². The van der Waals surface area contributed by atoms with E-state index in [1.807, 2.05) is 0 Å². The quantitative estimate of drug-likeness (QED) is 0.519. The SMILES string of the molecule is C=C(C)CC/C=C(\C)C/C=C/CC. The summed E-state index contributed by atoms with van der Waals surface area (Å²) >= 11 is 0. The first-order valence-electron chi connectivity index (χ1n) is 5.11. The topological polar surface area (TPSA) is 0 Å². The minimum absolute atomic E-state index is 1.10. The molecule has 0 saturated carbocycles. The number of rotatable bonds is 6. The van der Waals surface area contributed by atoms with Crippen LogP contribution in [0.15, 0.2) is 36.0 Å². The Balaban J connectivity index is 3.62. The lowest BCUT2D eigenvalue weighted by Gasteiger charge is -1.97. The smallest absolute Gasteiger partial charge is 0.0142 e. The predicted molar refractivity (Wildman–Crippen MR) is 61.9 cm³/mol. The number of hydrogen-bond donors (Lipinski definition) is 0. The maximum atomic E-state index is 3.88. The molecule has 0 nitrogen and oxygen atoms in total. The van der Waals surface area contributed by atoms with Gasteiger partial charge in [0.05, 0.1) is 0 Å². The van der Waals surface area contributed by atoms with E-state index in [1.165, 1.54) is 11.1 Å². The average molecular weight is 178 g/mol. The average Bonchev–Trinajstić information content (AvgIpc) is 2.04. The predicted octanol–water partition coefficient (Wildman–Crippen LogP) is 4.65. The van der Waals surface area contributed by atoms with Crippen LogP contribution in [0.5, 0.6) is 0 Å². The molecule has 0 aromatic carbocycles. The molecular weight excluding hydrogens is 156 g/mol. The molecule has 0 rings (SSSR count). The lowest BCUT2D eigenvalue weighted by Crippen LogP contribution is -1.76. The molecule has 0 aromatic heterocycles. The Morgan fingerprint density at radius 2 is 1.92 bits per heavy atom.